The van der Waals surface area contributed by atoms with Gasteiger partial charge in [0.2, 0.25) is 9.84 Å². The molecule has 0 saturated carbocycles. The number of benzene rings is 3. The maximum atomic E-state index is 13.9. The van der Waals surface area contributed by atoms with Crippen LogP contribution in [0.15, 0.2) is 82.7 Å². The summed E-state index contributed by atoms with van der Waals surface area (Å²) in [6.45, 7) is 0. The molecule has 0 aliphatic heterocycles. The van der Waals surface area contributed by atoms with Crippen LogP contribution < -0.4 is 0 Å². The Hall–Kier alpha value is -3.63. The molecule has 4 nitrogen and oxygen atoms in total. The maximum absolute atomic E-state index is 13.9. The second kappa shape index (κ2) is 7.08. The molecular weight excluding hydrogens is 394 g/mol. The predicted octanol–water partition coefficient (Wildman–Crippen LogP) is 4.88. The summed E-state index contributed by atoms with van der Waals surface area (Å²) in [5.41, 5.74) is 1.25. The molecule has 0 fully saturated rings. The van der Waals surface area contributed by atoms with Gasteiger partial charge in [-0.3, -0.25) is 4.98 Å². The number of aromatic nitrogens is 1. The van der Waals surface area contributed by atoms with Crippen molar-refractivity contribution in [2.24, 2.45) is 0 Å². The minimum atomic E-state index is -4.22. The van der Waals surface area contributed by atoms with Crippen LogP contribution in [-0.4, -0.2) is 13.4 Å². The third-order valence-corrected chi connectivity index (χ3v) is 6.22. The average molecular weight is 406 g/mol. The number of nitriles is 1. The normalized spacial score (nSPS) is 11.3. The van der Waals surface area contributed by atoms with Crippen molar-refractivity contribution in [1.29, 1.82) is 5.26 Å². The summed E-state index contributed by atoms with van der Waals surface area (Å²) in [6, 6.07) is 17.1. The Bertz CT molecular complexity index is 1390. The molecule has 0 aliphatic carbocycles. The summed E-state index contributed by atoms with van der Waals surface area (Å²) in [5, 5.41) is 9.62. The van der Waals surface area contributed by atoms with Crippen molar-refractivity contribution in [3.63, 3.8) is 0 Å². The van der Waals surface area contributed by atoms with Gasteiger partial charge >= 0.3 is 0 Å². The van der Waals surface area contributed by atoms with Gasteiger partial charge in [-0.25, -0.2) is 17.2 Å². The fraction of sp³-hybridized carbons (Fsp3) is 0. The summed E-state index contributed by atoms with van der Waals surface area (Å²) < 4.78 is 54.1. The SMILES string of the molecule is N#Cc1cc(F)cc(S(=O)(=O)c2cnc3ccccc3c2-c2ccc(F)cc2)c1. The first-order valence-electron chi connectivity index (χ1n) is 8.49. The van der Waals surface area contributed by atoms with Gasteiger partial charge in [-0.05, 0) is 42.0 Å². The summed E-state index contributed by atoms with van der Waals surface area (Å²) >= 11 is 0. The van der Waals surface area contributed by atoms with Crippen molar-refractivity contribution >= 4 is 20.7 Å². The van der Waals surface area contributed by atoms with E-state index in [-0.39, 0.29) is 15.4 Å². The summed E-state index contributed by atoms with van der Waals surface area (Å²) in [7, 11) is -4.22. The first kappa shape index (κ1) is 18.7. The molecule has 0 saturated heterocycles. The summed E-state index contributed by atoms with van der Waals surface area (Å²) in [4.78, 5) is 3.72. The third-order valence-electron chi connectivity index (χ3n) is 4.47. The quantitative estimate of drug-likeness (QED) is 0.486. The average Bonchev–Trinajstić information content (AvgIpc) is 2.73. The fourth-order valence-electron chi connectivity index (χ4n) is 3.15. The van der Waals surface area contributed by atoms with Crippen LogP contribution in [0.3, 0.4) is 0 Å². The first-order valence-corrected chi connectivity index (χ1v) is 9.98. The molecule has 1 aromatic heterocycles. The number of sulfone groups is 1. The van der Waals surface area contributed by atoms with Gasteiger partial charge in [0.05, 0.1) is 26.9 Å². The number of hydrogen-bond acceptors (Lipinski definition) is 4. The Balaban J connectivity index is 2.06. The first-order chi connectivity index (χ1) is 13.9. The number of hydrogen-bond donors (Lipinski definition) is 0. The van der Waals surface area contributed by atoms with Crippen molar-refractivity contribution in [2.75, 3.05) is 0 Å². The summed E-state index contributed by atoms with van der Waals surface area (Å²) in [5.74, 6) is -1.29. The van der Waals surface area contributed by atoms with E-state index in [1.807, 2.05) is 0 Å². The third kappa shape index (κ3) is 3.35. The Morgan fingerprint density at radius 1 is 0.897 bits per heavy atom. The molecule has 0 amide bonds. The monoisotopic (exact) mass is 406 g/mol. The minimum absolute atomic E-state index is 0.111. The highest BCUT2D eigenvalue weighted by atomic mass is 32.2. The number of para-hydroxylation sites is 1. The Morgan fingerprint density at radius 2 is 1.62 bits per heavy atom. The lowest BCUT2D eigenvalue weighted by atomic mass is 10.0. The zero-order valence-corrected chi connectivity index (χ0v) is 15.6. The maximum Gasteiger partial charge on any atom is 0.208 e. The topological polar surface area (TPSA) is 70.8 Å². The van der Waals surface area contributed by atoms with Crippen molar-refractivity contribution in [1.82, 2.24) is 4.98 Å². The molecule has 0 bridgehead atoms. The molecule has 29 heavy (non-hydrogen) atoms. The molecule has 1 heterocycles. The molecule has 4 aromatic rings. The molecule has 3 aromatic carbocycles. The lowest BCUT2D eigenvalue weighted by molar-refractivity contribution is 0.590. The Morgan fingerprint density at radius 3 is 2.34 bits per heavy atom. The van der Waals surface area contributed by atoms with Gasteiger partial charge in [0.1, 0.15) is 11.6 Å². The van der Waals surface area contributed by atoms with Gasteiger partial charge in [-0.15, -0.1) is 0 Å². The van der Waals surface area contributed by atoms with E-state index in [2.05, 4.69) is 4.98 Å². The largest absolute Gasteiger partial charge is 0.255 e. The number of fused-ring (bicyclic) bond motifs is 1. The molecule has 7 heteroatoms. The number of halogens is 2. The van der Waals surface area contributed by atoms with E-state index < -0.39 is 21.5 Å². The zero-order valence-electron chi connectivity index (χ0n) is 14.8. The van der Waals surface area contributed by atoms with Crippen LogP contribution in [0, 0.1) is 23.0 Å². The van der Waals surface area contributed by atoms with Gasteiger partial charge in [0.25, 0.3) is 0 Å². The predicted molar refractivity (Wildman–Crippen MR) is 104 cm³/mol. The zero-order chi connectivity index (χ0) is 20.6. The summed E-state index contributed by atoms with van der Waals surface area (Å²) in [6.07, 6.45) is 1.20. The van der Waals surface area contributed by atoms with E-state index in [0.717, 1.165) is 18.2 Å². The highest BCUT2D eigenvalue weighted by Crippen LogP contribution is 2.36. The van der Waals surface area contributed by atoms with Crippen LogP contribution in [0.5, 0.6) is 0 Å². The number of pyridine rings is 1. The second-order valence-corrected chi connectivity index (χ2v) is 8.23. The fourth-order valence-corrected chi connectivity index (χ4v) is 4.64. The van der Waals surface area contributed by atoms with E-state index in [1.54, 1.807) is 30.3 Å². The van der Waals surface area contributed by atoms with Crippen LogP contribution in [-0.2, 0) is 9.84 Å². The molecule has 0 spiro atoms. The molecule has 0 aliphatic rings. The lowest BCUT2D eigenvalue weighted by Crippen LogP contribution is -2.06. The van der Waals surface area contributed by atoms with Crippen LogP contribution in [0.4, 0.5) is 8.78 Å². The van der Waals surface area contributed by atoms with E-state index in [0.29, 0.717) is 22.0 Å². The lowest BCUT2D eigenvalue weighted by Gasteiger charge is -2.14. The van der Waals surface area contributed by atoms with E-state index in [4.69, 9.17) is 5.26 Å². The Kier molecular flexibility index (Phi) is 4.57. The smallest absolute Gasteiger partial charge is 0.208 e. The van der Waals surface area contributed by atoms with Crippen molar-refractivity contribution < 1.29 is 17.2 Å². The van der Waals surface area contributed by atoms with Gasteiger partial charge in [0, 0.05) is 17.1 Å². The van der Waals surface area contributed by atoms with Crippen molar-refractivity contribution in [3.8, 4) is 17.2 Å². The standard InChI is InChI=1S/C22H12F2N2O2S/c23-16-7-5-15(6-8-16)22-19-3-1-2-4-20(19)26-13-21(22)29(27,28)18-10-14(12-25)9-17(24)11-18/h1-11,13H. The molecule has 0 atom stereocenters. The molecule has 4 rings (SSSR count). The number of rotatable bonds is 3. The van der Waals surface area contributed by atoms with E-state index in [9.17, 15) is 17.2 Å². The van der Waals surface area contributed by atoms with Crippen molar-refractivity contribution in [3.05, 3.63) is 90.1 Å². The molecule has 0 N–H and O–H groups in total. The van der Waals surface area contributed by atoms with Gasteiger partial charge in [-0.2, -0.15) is 5.26 Å². The van der Waals surface area contributed by atoms with Gasteiger partial charge in [0.15, 0.2) is 0 Å². The molecule has 0 unspecified atom stereocenters. The van der Waals surface area contributed by atoms with Crippen molar-refractivity contribution in [2.45, 2.75) is 9.79 Å². The molecule has 0 radical (unpaired) electrons. The van der Waals surface area contributed by atoms with Crippen LogP contribution in [0.25, 0.3) is 22.0 Å². The van der Waals surface area contributed by atoms with Crippen LogP contribution >= 0.6 is 0 Å². The van der Waals surface area contributed by atoms with Crippen LogP contribution in [0.2, 0.25) is 0 Å². The Labute approximate surface area is 165 Å². The minimum Gasteiger partial charge on any atom is -0.255 e. The number of nitrogens with zero attached hydrogens (tertiary/aromatic N) is 2. The highest BCUT2D eigenvalue weighted by Gasteiger charge is 2.25. The van der Waals surface area contributed by atoms with Gasteiger partial charge in [-0.1, -0.05) is 30.3 Å². The molecule has 142 valence electrons. The van der Waals surface area contributed by atoms with Crippen LogP contribution in [0.1, 0.15) is 5.56 Å². The second-order valence-electron chi connectivity index (χ2n) is 6.31. The molecular formula is C22H12F2N2O2S. The highest BCUT2D eigenvalue weighted by molar-refractivity contribution is 7.91. The van der Waals surface area contributed by atoms with Gasteiger partial charge < -0.3 is 0 Å². The van der Waals surface area contributed by atoms with E-state index >= 15 is 0 Å². The van der Waals surface area contributed by atoms with E-state index in [1.165, 1.54) is 30.5 Å².